The molecule has 1 aliphatic rings. The summed E-state index contributed by atoms with van der Waals surface area (Å²) in [7, 11) is 0. The van der Waals surface area contributed by atoms with Crippen LogP contribution in [0.3, 0.4) is 0 Å². The number of nitrogens with one attached hydrogen (secondary N) is 1. The van der Waals surface area contributed by atoms with Gasteiger partial charge in [0.25, 0.3) is 5.91 Å². The Hall–Kier alpha value is -2.10. The zero-order valence-corrected chi connectivity index (χ0v) is 9.22. The molecule has 0 spiro atoms. The highest BCUT2D eigenvalue weighted by molar-refractivity contribution is 5.96. The molecule has 0 saturated carbocycles. The lowest BCUT2D eigenvalue weighted by Gasteiger charge is -2.11. The maximum absolute atomic E-state index is 11.8. The number of hydrogen-bond donors (Lipinski definition) is 2. The molecule has 0 heterocycles. The van der Waals surface area contributed by atoms with Crippen LogP contribution in [0.2, 0.25) is 0 Å². The largest absolute Gasteiger partial charge is 0.478 e. The molecule has 0 saturated heterocycles. The van der Waals surface area contributed by atoms with Crippen molar-refractivity contribution in [2.75, 3.05) is 0 Å². The van der Waals surface area contributed by atoms with Crippen molar-refractivity contribution in [2.45, 2.75) is 18.9 Å². The first-order chi connectivity index (χ1) is 8.16. The van der Waals surface area contributed by atoms with Crippen molar-refractivity contribution in [1.29, 1.82) is 0 Å². The quantitative estimate of drug-likeness (QED) is 0.780. The Kier molecular flexibility index (Phi) is 3.23. The van der Waals surface area contributed by atoms with Crippen LogP contribution in [-0.2, 0) is 0 Å². The molecule has 1 aromatic carbocycles. The van der Waals surface area contributed by atoms with Gasteiger partial charge < -0.3 is 10.4 Å². The molecule has 17 heavy (non-hydrogen) atoms. The van der Waals surface area contributed by atoms with Gasteiger partial charge in [0.15, 0.2) is 0 Å². The maximum Gasteiger partial charge on any atom is 0.335 e. The van der Waals surface area contributed by atoms with Crippen LogP contribution < -0.4 is 5.32 Å². The maximum atomic E-state index is 11.8. The highest BCUT2D eigenvalue weighted by Gasteiger charge is 2.14. The number of carboxylic acids is 1. The average Bonchev–Trinajstić information content (AvgIpc) is 2.82. The van der Waals surface area contributed by atoms with Crippen molar-refractivity contribution in [3.05, 3.63) is 47.5 Å². The van der Waals surface area contributed by atoms with E-state index in [4.69, 9.17) is 5.11 Å². The molecule has 4 heteroatoms. The minimum absolute atomic E-state index is 0.157. The second kappa shape index (κ2) is 4.82. The number of aromatic carboxylic acids is 1. The molecule has 0 aromatic heterocycles. The van der Waals surface area contributed by atoms with Gasteiger partial charge in [-0.15, -0.1) is 0 Å². The molecule has 0 aliphatic heterocycles. The van der Waals surface area contributed by atoms with Gasteiger partial charge in [-0.05, 0) is 37.1 Å². The van der Waals surface area contributed by atoms with Crippen LogP contribution in [0.5, 0.6) is 0 Å². The van der Waals surface area contributed by atoms with E-state index in [1.54, 1.807) is 0 Å². The summed E-state index contributed by atoms with van der Waals surface area (Å²) < 4.78 is 0. The van der Waals surface area contributed by atoms with Gasteiger partial charge in [0.1, 0.15) is 0 Å². The summed E-state index contributed by atoms with van der Waals surface area (Å²) in [6, 6.07) is 6.10. The highest BCUT2D eigenvalue weighted by Crippen LogP contribution is 2.11. The summed E-state index contributed by atoms with van der Waals surface area (Å²) >= 11 is 0. The van der Waals surface area contributed by atoms with E-state index in [1.807, 2.05) is 12.2 Å². The molecule has 0 unspecified atom stereocenters. The zero-order chi connectivity index (χ0) is 12.3. The summed E-state index contributed by atoms with van der Waals surface area (Å²) in [4.78, 5) is 22.4. The van der Waals surface area contributed by atoms with Gasteiger partial charge in [0, 0.05) is 11.6 Å². The molecule has 1 amide bonds. The van der Waals surface area contributed by atoms with Crippen LogP contribution in [0.15, 0.2) is 36.4 Å². The summed E-state index contributed by atoms with van der Waals surface area (Å²) in [5.41, 5.74) is 0.672. The SMILES string of the molecule is O=C(O)c1ccc(C(=O)NC2CC=CC2)cc1. The fraction of sp³-hybridized carbons (Fsp3) is 0.231. The standard InChI is InChI=1S/C13H13NO3/c15-12(14-11-3-1-2-4-11)9-5-7-10(8-6-9)13(16)17/h1-2,5-8,11H,3-4H2,(H,14,15)(H,16,17). The van der Waals surface area contributed by atoms with E-state index in [9.17, 15) is 9.59 Å². The van der Waals surface area contributed by atoms with Crippen molar-refractivity contribution in [2.24, 2.45) is 0 Å². The smallest absolute Gasteiger partial charge is 0.335 e. The normalized spacial score (nSPS) is 14.8. The van der Waals surface area contributed by atoms with E-state index in [0.717, 1.165) is 12.8 Å². The second-order valence-electron chi connectivity index (χ2n) is 4.00. The van der Waals surface area contributed by atoms with E-state index in [1.165, 1.54) is 24.3 Å². The molecular formula is C13H13NO3. The van der Waals surface area contributed by atoms with Crippen LogP contribution in [0.25, 0.3) is 0 Å². The Labute approximate surface area is 99.0 Å². The first-order valence-electron chi connectivity index (χ1n) is 5.46. The number of hydrogen-bond acceptors (Lipinski definition) is 2. The van der Waals surface area contributed by atoms with Crippen molar-refractivity contribution in [1.82, 2.24) is 5.32 Å². The Morgan fingerprint density at radius 3 is 2.12 bits per heavy atom. The van der Waals surface area contributed by atoms with Gasteiger partial charge in [-0.2, -0.15) is 0 Å². The summed E-state index contributed by atoms with van der Waals surface area (Å²) in [6.07, 6.45) is 5.80. The molecule has 1 aliphatic carbocycles. The van der Waals surface area contributed by atoms with E-state index in [-0.39, 0.29) is 17.5 Å². The predicted octanol–water partition coefficient (Wildman–Crippen LogP) is 1.83. The molecule has 2 N–H and O–H groups in total. The molecule has 0 atom stereocenters. The third-order valence-electron chi connectivity index (χ3n) is 2.74. The lowest BCUT2D eigenvalue weighted by Crippen LogP contribution is -2.32. The Balaban J connectivity index is 2.01. The van der Waals surface area contributed by atoms with Gasteiger partial charge in [0.05, 0.1) is 5.56 Å². The molecular weight excluding hydrogens is 218 g/mol. The van der Waals surface area contributed by atoms with Crippen LogP contribution in [0.4, 0.5) is 0 Å². The summed E-state index contributed by atoms with van der Waals surface area (Å²) in [5, 5.41) is 11.6. The van der Waals surface area contributed by atoms with Crippen LogP contribution in [0, 0.1) is 0 Å². The first-order valence-corrected chi connectivity index (χ1v) is 5.46. The minimum atomic E-state index is -0.989. The third-order valence-corrected chi connectivity index (χ3v) is 2.74. The first kappa shape index (κ1) is 11.4. The molecule has 1 aromatic rings. The average molecular weight is 231 g/mol. The highest BCUT2D eigenvalue weighted by atomic mass is 16.4. The Bertz CT molecular complexity index is 454. The molecule has 0 bridgehead atoms. The predicted molar refractivity (Wildman–Crippen MR) is 63.0 cm³/mol. The number of carbonyl (C=O) groups is 2. The minimum Gasteiger partial charge on any atom is -0.478 e. The molecule has 4 nitrogen and oxygen atoms in total. The van der Waals surface area contributed by atoms with Crippen molar-refractivity contribution >= 4 is 11.9 Å². The van der Waals surface area contributed by atoms with Crippen molar-refractivity contribution < 1.29 is 14.7 Å². The van der Waals surface area contributed by atoms with Gasteiger partial charge >= 0.3 is 5.97 Å². The molecule has 0 radical (unpaired) electrons. The number of benzene rings is 1. The number of carbonyl (C=O) groups excluding carboxylic acids is 1. The second-order valence-corrected chi connectivity index (χ2v) is 4.00. The fourth-order valence-electron chi connectivity index (χ4n) is 1.77. The number of amides is 1. The van der Waals surface area contributed by atoms with E-state index in [2.05, 4.69) is 5.32 Å². The number of rotatable bonds is 3. The molecule has 0 fully saturated rings. The van der Waals surface area contributed by atoms with Gasteiger partial charge in [-0.1, -0.05) is 12.2 Å². The van der Waals surface area contributed by atoms with E-state index < -0.39 is 5.97 Å². The monoisotopic (exact) mass is 231 g/mol. The van der Waals surface area contributed by atoms with Crippen LogP contribution in [-0.4, -0.2) is 23.0 Å². The molecule has 88 valence electrons. The summed E-state index contributed by atoms with van der Waals surface area (Å²) in [6.45, 7) is 0. The Morgan fingerprint density at radius 2 is 1.59 bits per heavy atom. The van der Waals surface area contributed by atoms with Crippen molar-refractivity contribution in [3.63, 3.8) is 0 Å². The number of carboxylic acid groups (broad SMARTS) is 1. The van der Waals surface area contributed by atoms with Crippen LogP contribution >= 0.6 is 0 Å². The lowest BCUT2D eigenvalue weighted by molar-refractivity contribution is 0.0696. The van der Waals surface area contributed by atoms with Crippen LogP contribution in [0.1, 0.15) is 33.6 Å². The zero-order valence-electron chi connectivity index (χ0n) is 9.22. The topological polar surface area (TPSA) is 66.4 Å². The fourth-order valence-corrected chi connectivity index (χ4v) is 1.77. The Morgan fingerprint density at radius 1 is 1.06 bits per heavy atom. The summed E-state index contributed by atoms with van der Waals surface area (Å²) in [5.74, 6) is -1.15. The van der Waals surface area contributed by atoms with Gasteiger partial charge in [0.2, 0.25) is 0 Å². The lowest BCUT2D eigenvalue weighted by atomic mass is 10.1. The third kappa shape index (κ3) is 2.72. The van der Waals surface area contributed by atoms with E-state index in [0.29, 0.717) is 5.56 Å². The molecule has 2 rings (SSSR count). The van der Waals surface area contributed by atoms with Gasteiger partial charge in [-0.25, -0.2) is 4.79 Å². The van der Waals surface area contributed by atoms with E-state index >= 15 is 0 Å². The van der Waals surface area contributed by atoms with Crippen molar-refractivity contribution in [3.8, 4) is 0 Å². The van der Waals surface area contributed by atoms with Gasteiger partial charge in [-0.3, -0.25) is 4.79 Å².